The van der Waals surface area contributed by atoms with Gasteiger partial charge in [-0.25, -0.2) is 9.59 Å². The fourth-order valence-electron chi connectivity index (χ4n) is 2.67. The summed E-state index contributed by atoms with van der Waals surface area (Å²) in [5, 5.41) is 5.10. The third kappa shape index (κ3) is 11.0. The Morgan fingerprint density at radius 1 is 0.906 bits per heavy atom. The van der Waals surface area contributed by atoms with Crippen LogP contribution in [0, 0.1) is 0 Å². The first-order valence-corrected chi connectivity index (χ1v) is 11.9. The first-order valence-electron chi connectivity index (χ1n) is 10.5. The van der Waals surface area contributed by atoms with Crippen molar-refractivity contribution in [3.63, 3.8) is 0 Å². The average Bonchev–Trinajstić information content (AvgIpc) is 2.78. The van der Waals surface area contributed by atoms with Crippen LogP contribution in [0.3, 0.4) is 0 Å². The molecule has 1 aromatic rings. The van der Waals surface area contributed by atoms with Crippen LogP contribution < -0.4 is 10.6 Å². The standard InChI is InChI=1S/C22H32N2O7S/c1-4-29-19(25)12-11-17(24-22(28)31-15-16-9-7-6-8-10-16)20(26)23-18(13-14-32-3)21(27)30-5-2/h6-10,17-18H,4-5,11-15H2,1-3H3,(H,23,26)(H,24,28). The number of alkyl carbamates (subject to hydrolysis) is 1. The molecule has 0 heterocycles. The van der Waals surface area contributed by atoms with Crippen molar-refractivity contribution in [2.45, 2.75) is 51.8 Å². The van der Waals surface area contributed by atoms with Crippen molar-refractivity contribution < 1.29 is 33.4 Å². The summed E-state index contributed by atoms with van der Waals surface area (Å²) in [6, 6.07) is 7.13. The van der Waals surface area contributed by atoms with Gasteiger partial charge in [-0.2, -0.15) is 11.8 Å². The zero-order valence-electron chi connectivity index (χ0n) is 18.8. The molecule has 0 bridgehead atoms. The zero-order chi connectivity index (χ0) is 23.8. The van der Waals surface area contributed by atoms with Crippen molar-refractivity contribution in [3.05, 3.63) is 35.9 Å². The fourth-order valence-corrected chi connectivity index (χ4v) is 3.14. The average molecular weight is 469 g/mol. The van der Waals surface area contributed by atoms with Crippen LogP contribution in [-0.4, -0.2) is 61.2 Å². The van der Waals surface area contributed by atoms with Crippen molar-refractivity contribution in [3.8, 4) is 0 Å². The molecule has 0 aliphatic rings. The highest BCUT2D eigenvalue weighted by Crippen LogP contribution is 2.07. The van der Waals surface area contributed by atoms with Gasteiger partial charge in [-0.1, -0.05) is 30.3 Å². The van der Waals surface area contributed by atoms with Crippen LogP contribution in [0.5, 0.6) is 0 Å². The molecule has 0 aliphatic carbocycles. The Kier molecular flexibility index (Phi) is 13.6. The Hall–Kier alpha value is -2.75. The Morgan fingerprint density at radius 2 is 1.59 bits per heavy atom. The summed E-state index contributed by atoms with van der Waals surface area (Å²) in [6.45, 7) is 3.77. The zero-order valence-corrected chi connectivity index (χ0v) is 19.6. The fraction of sp³-hybridized carbons (Fsp3) is 0.545. The van der Waals surface area contributed by atoms with Crippen LogP contribution in [-0.2, 0) is 35.2 Å². The summed E-state index contributed by atoms with van der Waals surface area (Å²) in [6.07, 6.45) is 1.35. The number of nitrogens with one attached hydrogen (secondary N) is 2. The summed E-state index contributed by atoms with van der Waals surface area (Å²) in [5.41, 5.74) is 0.787. The largest absolute Gasteiger partial charge is 0.466 e. The molecule has 1 rings (SSSR count). The summed E-state index contributed by atoms with van der Waals surface area (Å²) < 4.78 is 15.1. The summed E-state index contributed by atoms with van der Waals surface area (Å²) in [5.74, 6) is -1.02. The highest BCUT2D eigenvalue weighted by Gasteiger charge is 2.28. The van der Waals surface area contributed by atoms with Gasteiger partial charge >= 0.3 is 18.0 Å². The van der Waals surface area contributed by atoms with E-state index in [9.17, 15) is 19.2 Å². The first kappa shape index (κ1) is 27.3. The van der Waals surface area contributed by atoms with Crippen LogP contribution in [0.1, 0.15) is 38.7 Å². The van der Waals surface area contributed by atoms with E-state index in [0.29, 0.717) is 12.2 Å². The molecule has 2 amide bonds. The van der Waals surface area contributed by atoms with Crippen molar-refractivity contribution in [1.29, 1.82) is 0 Å². The van der Waals surface area contributed by atoms with Crippen molar-refractivity contribution >= 4 is 35.7 Å². The van der Waals surface area contributed by atoms with E-state index in [1.54, 1.807) is 26.0 Å². The topological polar surface area (TPSA) is 120 Å². The summed E-state index contributed by atoms with van der Waals surface area (Å²) >= 11 is 1.53. The van der Waals surface area contributed by atoms with Gasteiger partial charge in [0.2, 0.25) is 5.91 Å². The lowest BCUT2D eigenvalue weighted by atomic mass is 10.1. The molecular weight excluding hydrogens is 436 g/mol. The minimum atomic E-state index is -1.09. The van der Waals surface area contributed by atoms with Gasteiger partial charge in [-0.15, -0.1) is 0 Å². The van der Waals surface area contributed by atoms with Gasteiger partial charge in [0.05, 0.1) is 13.2 Å². The first-order chi connectivity index (χ1) is 15.4. The number of benzene rings is 1. The lowest BCUT2D eigenvalue weighted by Crippen LogP contribution is -2.52. The van der Waals surface area contributed by atoms with Crippen LogP contribution in [0.2, 0.25) is 0 Å². The molecular formula is C22H32N2O7S. The van der Waals surface area contributed by atoms with E-state index in [0.717, 1.165) is 5.56 Å². The van der Waals surface area contributed by atoms with E-state index >= 15 is 0 Å². The Morgan fingerprint density at radius 3 is 2.22 bits per heavy atom. The smallest absolute Gasteiger partial charge is 0.408 e. The number of hydrogen-bond donors (Lipinski definition) is 2. The molecule has 0 spiro atoms. The number of carbonyl (C=O) groups is 4. The molecule has 32 heavy (non-hydrogen) atoms. The molecule has 9 nitrogen and oxygen atoms in total. The number of rotatable bonds is 14. The van der Waals surface area contributed by atoms with Gasteiger partial charge in [0.25, 0.3) is 0 Å². The predicted octanol–water partition coefficient (Wildman–Crippen LogP) is 2.43. The minimum absolute atomic E-state index is 0.0107. The number of esters is 2. The van der Waals surface area contributed by atoms with E-state index in [2.05, 4.69) is 10.6 Å². The van der Waals surface area contributed by atoms with Crippen molar-refractivity contribution in [2.75, 3.05) is 25.2 Å². The second-order valence-corrected chi connectivity index (χ2v) is 7.68. The number of thioether (sulfide) groups is 1. The van der Waals surface area contributed by atoms with Gasteiger partial charge in [0, 0.05) is 6.42 Å². The molecule has 0 aliphatic heterocycles. The second kappa shape index (κ2) is 16.0. The molecule has 0 saturated heterocycles. The molecule has 0 aromatic heterocycles. The molecule has 0 saturated carbocycles. The van der Waals surface area contributed by atoms with Crippen LogP contribution in [0.4, 0.5) is 4.79 Å². The Bertz CT molecular complexity index is 730. The monoisotopic (exact) mass is 468 g/mol. The van der Waals surface area contributed by atoms with E-state index in [-0.39, 0.29) is 32.7 Å². The van der Waals surface area contributed by atoms with Gasteiger partial charge < -0.3 is 24.8 Å². The van der Waals surface area contributed by atoms with Gasteiger partial charge in [-0.05, 0) is 44.3 Å². The molecule has 2 atom stereocenters. The van der Waals surface area contributed by atoms with Crippen molar-refractivity contribution in [1.82, 2.24) is 10.6 Å². The molecule has 0 fully saturated rings. The summed E-state index contributed by atoms with van der Waals surface area (Å²) in [7, 11) is 0. The normalized spacial score (nSPS) is 12.2. The van der Waals surface area contributed by atoms with Gasteiger partial charge in [-0.3, -0.25) is 9.59 Å². The maximum absolute atomic E-state index is 12.9. The molecule has 178 valence electrons. The number of ether oxygens (including phenoxy) is 3. The van der Waals surface area contributed by atoms with E-state index in [1.165, 1.54) is 11.8 Å². The van der Waals surface area contributed by atoms with Gasteiger partial charge in [0.1, 0.15) is 18.7 Å². The number of carbonyl (C=O) groups excluding carboxylic acids is 4. The molecule has 2 N–H and O–H groups in total. The quantitative estimate of drug-likeness (QED) is 0.316. The molecule has 2 unspecified atom stereocenters. The van der Waals surface area contributed by atoms with Crippen molar-refractivity contribution in [2.24, 2.45) is 0 Å². The number of amides is 2. The lowest BCUT2D eigenvalue weighted by molar-refractivity contribution is -0.148. The van der Waals surface area contributed by atoms with Gasteiger partial charge in [0.15, 0.2) is 0 Å². The molecule has 1 aromatic carbocycles. The SMILES string of the molecule is CCOC(=O)CCC(NC(=O)OCc1ccccc1)C(=O)NC(CCSC)C(=O)OCC. The van der Waals surface area contributed by atoms with E-state index in [4.69, 9.17) is 14.2 Å². The Labute approximate surface area is 192 Å². The maximum Gasteiger partial charge on any atom is 0.408 e. The summed E-state index contributed by atoms with van der Waals surface area (Å²) in [4.78, 5) is 49.1. The predicted molar refractivity (Wildman–Crippen MR) is 121 cm³/mol. The molecule has 10 heteroatoms. The van der Waals surface area contributed by atoms with Crippen LogP contribution in [0.25, 0.3) is 0 Å². The third-order valence-corrected chi connectivity index (χ3v) is 4.91. The molecule has 0 radical (unpaired) electrons. The number of hydrogen-bond acceptors (Lipinski definition) is 8. The highest BCUT2D eigenvalue weighted by molar-refractivity contribution is 7.98. The second-order valence-electron chi connectivity index (χ2n) is 6.70. The van der Waals surface area contributed by atoms with Crippen LogP contribution in [0.15, 0.2) is 30.3 Å². The Balaban J connectivity index is 2.79. The minimum Gasteiger partial charge on any atom is -0.466 e. The van der Waals surface area contributed by atoms with E-state index in [1.807, 2.05) is 24.5 Å². The maximum atomic E-state index is 12.9. The third-order valence-electron chi connectivity index (χ3n) is 4.26. The van der Waals surface area contributed by atoms with E-state index < -0.39 is 36.0 Å². The van der Waals surface area contributed by atoms with Crippen LogP contribution >= 0.6 is 11.8 Å². The highest BCUT2D eigenvalue weighted by atomic mass is 32.2. The lowest BCUT2D eigenvalue weighted by Gasteiger charge is -2.22.